The maximum Gasteiger partial charge on any atom is 0.231 e. The van der Waals surface area contributed by atoms with E-state index in [-0.39, 0.29) is 17.5 Å². The molecule has 0 fully saturated rings. The lowest BCUT2D eigenvalue weighted by atomic mass is 9.95. The zero-order valence-corrected chi connectivity index (χ0v) is 14.3. The molecule has 3 nitrogen and oxygen atoms in total. The maximum absolute atomic E-state index is 13.0. The van der Waals surface area contributed by atoms with Gasteiger partial charge in [0.15, 0.2) is 5.78 Å². The zero-order chi connectivity index (χ0) is 18.5. The minimum absolute atomic E-state index is 0.0846. The second kappa shape index (κ2) is 7.74. The van der Waals surface area contributed by atoms with Gasteiger partial charge in [-0.05, 0) is 42.8 Å². The highest BCUT2D eigenvalue weighted by Gasteiger charge is 2.17. The standard InChI is InChI=1S/C22H18FNO2/c1-15(22(26)24-20-12-10-19(23)11-13-20)17-8-5-9-18(14-17)21(25)16-6-3-2-4-7-16/h2-15H,1H3,(H,24,26). The van der Waals surface area contributed by atoms with Crippen LogP contribution in [0.25, 0.3) is 0 Å². The van der Waals surface area contributed by atoms with Crippen LogP contribution in [0.4, 0.5) is 10.1 Å². The Balaban J connectivity index is 1.77. The molecule has 0 aliphatic rings. The fourth-order valence-electron chi connectivity index (χ4n) is 2.64. The number of hydrogen-bond donors (Lipinski definition) is 1. The van der Waals surface area contributed by atoms with E-state index in [1.807, 2.05) is 24.3 Å². The molecule has 0 saturated heterocycles. The van der Waals surface area contributed by atoms with E-state index in [1.165, 1.54) is 24.3 Å². The summed E-state index contributed by atoms with van der Waals surface area (Å²) in [6.07, 6.45) is 0. The third-order valence-electron chi connectivity index (χ3n) is 4.19. The molecule has 3 aromatic carbocycles. The zero-order valence-electron chi connectivity index (χ0n) is 14.3. The molecule has 1 amide bonds. The second-order valence-corrected chi connectivity index (χ2v) is 6.04. The molecule has 3 rings (SSSR count). The van der Waals surface area contributed by atoms with Crippen LogP contribution >= 0.6 is 0 Å². The van der Waals surface area contributed by atoms with E-state index in [9.17, 15) is 14.0 Å². The summed E-state index contributed by atoms with van der Waals surface area (Å²) in [5, 5.41) is 2.76. The summed E-state index contributed by atoms with van der Waals surface area (Å²) in [5.41, 5.74) is 2.41. The van der Waals surface area contributed by atoms with Gasteiger partial charge >= 0.3 is 0 Å². The average Bonchev–Trinajstić information content (AvgIpc) is 2.69. The molecule has 0 spiro atoms. The van der Waals surface area contributed by atoms with Crippen LogP contribution in [0.5, 0.6) is 0 Å². The Morgan fingerprint density at radius 2 is 1.50 bits per heavy atom. The first-order valence-electron chi connectivity index (χ1n) is 8.31. The molecule has 0 aromatic heterocycles. The van der Waals surface area contributed by atoms with Gasteiger partial charge in [-0.25, -0.2) is 4.39 Å². The Morgan fingerprint density at radius 3 is 2.19 bits per heavy atom. The van der Waals surface area contributed by atoms with Crippen LogP contribution in [0, 0.1) is 5.82 Å². The molecule has 130 valence electrons. The molecule has 1 atom stereocenters. The molecular weight excluding hydrogens is 329 g/mol. The number of carbonyl (C=O) groups is 2. The van der Waals surface area contributed by atoms with E-state index < -0.39 is 5.92 Å². The molecule has 0 heterocycles. The van der Waals surface area contributed by atoms with Crippen LogP contribution in [0.1, 0.15) is 34.3 Å². The van der Waals surface area contributed by atoms with Gasteiger partial charge in [0.1, 0.15) is 5.82 Å². The van der Waals surface area contributed by atoms with Crippen LogP contribution in [0.3, 0.4) is 0 Å². The Morgan fingerprint density at radius 1 is 0.846 bits per heavy atom. The predicted molar refractivity (Wildman–Crippen MR) is 99.8 cm³/mol. The van der Waals surface area contributed by atoms with Crippen molar-refractivity contribution in [2.45, 2.75) is 12.8 Å². The summed E-state index contributed by atoms with van der Waals surface area (Å²) in [6.45, 7) is 1.77. The summed E-state index contributed by atoms with van der Waals surface area (Å²) in [5.74, 6) is -1.12. The van der Waals surface area contributed by atoms with Crippen LogP contribution in [-0.2, 0) is 4.79 Å². The normalized spacial score (nSPS) is 11.6. The third kappa shape index (κ3) is 4.03. The number of anilines is 1. The molecule has 0 aliphatic heterocycles. The van der Waals surface area contributed by atoms with Gasteiger partial charge in [-0.2, -0.15) is 0 Å². The lowest BCUT2D eigenvalue weighted by Gasteiger charge is -2.13. The quantitative estimate of drug-likeness (QED) is 0.674. The lowest BCUT2D eigenvalue weighted by molar-refractivity contribution is -0.117. The Hall–Kier alpha value is -3.27. The van der Waals surface area contributed by atoms with Gasteiger partial charge in [0.05, 0.1) is 5.92 Å². The Labute approximate surface area is 151 Å². The molecule has 26 heavy (non-hydrogen) atoms. The fourth-order valence-corrected chi connectivity index (χ4v) is 2.64. The second-order valence-electron chi connectivity index (χ2n) is 6.04. The van der Waals surface area contributed by atoms with Crippen LogP contribution < -0.4 is 5.32 Å². The minimum Gasteiger partial charge on any atom is -0.326 e. The maximum atomic E-state index is 13.0. The largest absolute Gasteiger partial charge is 0.326 e. The number of amides is 1. The molecule has 3 aromatic rings. The average molecular weight is 347 g/mol. The summed E-state index contributed by atoms with van der Waals surface area (Å²) >= 11 is 0. The van der Waals surface area contributed by atoms with Crippen molar-refractivity contribution >= 4 is 17.4 Å². The smallest absolute Gasteiger partial charge is 0.231 e. The van der Waals surface area contributed by atoms with Crippen LogP contribution in [0.15, 0.2) is 78.9 Å². The number of benzene rings is 3. The third-order valence-corrected chi connectivity index (χ3v) is 4.19. The monoisotopic (exact) mass is 347 g/mol. The van der Waals surface area contributed by atoms with Crippen LogP contribution in [-0.4, -0.2) is 11.7 Å². The first-order chi connectivity index (χ1) is 12.5. The van der Waals surface area contributed by atoms with Gasteiger partial charge in [-0.1, -0.05) is 48.5 Å². The van der Waals surface area contributed by atoms with E-state index in [1.54, 1.807) is 37.3 Å². The molecule has 1 unspecified atom stereocenters. The highest BCUT2D eigenvalue weighted by Crippen LogP contribution is 2.21. The van der Waals surface area contributed by atoms with Crippen molar-refractivity contribution in [3.63, 3.8) is 0 Å². The summed E-state index contributed by atoms with van der Waals surface area (Å²) in [7, 11) is 0. The van der Waals surface area contributed by atoms with Crippen molar-refractivity contribution in [3.05, 3.63) is 101 Å². The number of carbonyl (C=O) groups excluding carboxylic acids is 2. The van der Waals surface area contributed by atoms with E-state index in [0.717, 1.165) is 5.56 Å². The van der Waals surface area contributed by atoms with Gasteiger partial charge in [0, 0.05) is 16.8 Å². The van der Waals surface area contributed by atoms with E-state index in [4.69, 9.17) is 0 Å². The van der Waals surface area contributed by atoms with E-state index in [2.05, 4.69) is 5.32 Å². The first kappa shape index (κ1) is 17.5. The highest BCUT2D eigenvalue weighted by molar-refractivity contribution is 6.09. The lowest BCUT2D eigenvalue weighted by Crippen LogP contribution is -2.19. The van der Waals surface area contributed by atoms with Gasteiger partial charge < -0.3 is 5.32 Å². The number of nitrogens with one attached hydrogen (secondary N) is 1. The minimum atomic E-state index is -0.455. The van der Waals surface area contributed by atoms with E-state index in [0.29, 0.717) is 16.8 Å². The molecule has 4 heteroatoms. The van der Waals surface area contributed by atoms with Crippen molar-refractivity contribution in [2.24, 2.45) is 0 Å². The number of halogens is 1. The summed E-state index contributed by atoms with van der Waals surface area (Å²) < 4.78 is 13.0. The van der Waals surface area contributed by atoms with Gasteiger partial charge in [-0.15, -0.1) is 0 Å². The first-order valence-corrected chi connectivity index (χ1v) is 8.31. The summed E-state index contributed by atoms with van der Waals surface area (Å²) in [6, 6.07) is 21.7. The molecule has 0 radical (unpaired) electrons. The Bertz CT molecular complexity index is 920. The fraction of sp³-hybridized carbons (Fsp3) is 0.0909. The number of hydrogen-bond acceptors (Lipinski definition) is 2. The molecule has 0 aliphatic carbocycles. The molecule has 0 bridgehead atoms. The molecule has 0 saturated carbocycles. The van der Waals surface area contributed by atoms with Crippen molar-refractivity contribution in [2.75, 3.05) is 5.32 Å². The van der Waals surface area contributed by atoms with Gasteiger partial charge in [0.25, 0.3) is 0 Å². The van der Waals surface area contributed by atoms with Gasteiger partial charge in [0.2, 0.25) is 5.91 Å². The topological polar surface area (TPSA) is 46.2 Å². The van der Waals surface area contributed by atoms with Crippen molar-refractivity contribution in [1.82, 2.24) is 0 Å². The van der Waals surface area contributed by atoms with Gasteiger partial charge in [-0.3, -0.25) is 9.59 Å². The molecular formula is C22H18FNO2. The highest BCUT2D eigenvalue weighted by atomic mass is 19.1. The van der Waals surface area contributed by atoms with Crippen molar-refractivity contribution in [1.29, 1.82) is 0 Å². The SMILES string of the molecule is CC(C(=O)Nc1ccc(F)cc1)c1cccc(C(=O)c2ccccc2)c1. The summed E-state index contributed by atoms with van der Waals surface area (Å²) in [4.78, 5) is 25.0. The number of ketones is 1. The Kier molecular flexibility index (Phi) is 5.23. The predicted octanol–water partition coefficient (Wildman–Crippen LogP) is 4.80. The number of rotatable bonds is 5. The van der Waals surface area contributed by atoms with Crippen LogP contribution in [0.2, 0.25) is 0 Å². The van der Waals surface area contributed by atoms with Crippen molar-refractivity contribution in [3.8, 4) is 0 Å². The molecule has 1 N–H and O–H groups in total. The van der Waals surface area contributed by atoms with E-state index >= 15 is 0 Å². The van der Waals surface area contributed by atoms with Crippen molar-refractivity contribution < 1.29 is 14.0 Å².